The minimum atomic E-state index is -3.81. The molecule has 0 spiro atoms. The highest BCUT2D eigenvalue weighted by Gasteiger charge is 2.22. The summed E-state index contributed by atoms with van der Waals surface area (Å²) < 4.78 is 45.9. The van der Waals surface area contributed by atoms with Gasteiger partial charge in [-0.1, -0.05) is 92.2 Å². The Hall–Kier alpha value is -4.31. The molecule has 5 aromatic rings. The van der Waals surface area contributed by atoms with Crippen molar-refractivity contribution >= 4 is 10.0 Å². The van der Waals surface area contributed by atoms with Crippen LogP contribution in [0.15, 0.2) is 108 Å². The summed E-state index contributed by atoms with van der Waals surface area (Å²) in [5.74, 6) is 0.669. The van der Waals surface area contributed by atoms with E-state index in [-0.39, 0.29) is 10.6 Å². The maximum Gasteiger partial charge on any atom is 0.238 e. The molecule has 0 fully saturated rings. The average molecular weight is 613 g/mol. The van der Waals surface area contributed by atoms with Gasteiger partial charge in [0.05, 0.1) is 23.4 Å². The van der Waals surface area contributed by atoms with Gasteiger partial charge >= 0.3 is 0 Å². The Labute approximate surface area is 258 Å². The molecular weight excluding hydrogens is 575 g/mol. The van der Waals surface area contributed by atoms with Crippen LogP contribution in [0.1, 0.15) is 36.6 Å². The number of rotatable bonds is 13. The smallest absolute Gasteiger partial charge is 0.238 e. The van der Waals surface area contributed by atoms with Gasteiger partial charge in [0.25, 0.3) is 0 Å². The Bertz CT molecular complexity index is 1790. The summed E-state index contributed by atoms with van der Waals surface area (Å²) in [6, 6.07) is 31.9. The van der Waals surface area contributed by atoms with Gasteiger partial charge in [-0.15, -0.1) is 0 Å². The van der Waals surface area contributed by atoms with Crippen molar-refractivity contribution in [2.24, 2.45) is 5.14 Å². The van der Waals surface area contributed by atoms with Crippen molar-refractivity contribution < 1.29 is 17.5 Å². The first-order chi connectivity index (χ1) is 21.3. The third-order valence-corrected chi connectivity index (χ3v) is 8.47. The third-order valence-electron chi connectivity index (χ3n) is 7.54. The predicted octanol–water partition coefficient (Wildman–Crippen LogP) is 7.01. The first kappa shape index (κ1) is 31.1. The second-order valence-corrected chi connectivity index (χ2v) is 12.3. The number of unbranched alkanes of at least 4 members (excludes halogenated alkanes) is 1. The van der Waals surface area contributed by atoms with Crippen LogP contribution in [0.25, 0.3) is 22.6 Å². The van der Waals surface area contributed by atoms with Gasteiger partial charge in [0.2, 0.25) is 10.0 Å². The number of hydrogen-bond donors (Lipinski definition) is 1. The lowest BCUT2D eigenvalue weighted by atomic mass is 10.1. The third kappa shape index (κ3) is 7.42. The lowest BCUT2D eigenvalue weighted by Gasteiger charge is -2.25. The van der Waals surface area contributed by atoms with Crippen LogP contribution < -0.4 is 9.88 Å². The first-order valence-electron chi connectivity index (χ1n) is 14.6. The van der Waals surface area contributed by atoms with Crippen LogP contribution in [-0.4, -0.2) is 30.0 Å². The van der Waals surface area contributed by atoms with Crippen LogP contribution in [0.2, 0.25) is 0 Å². The normalized spacial score (nSPS) is 11.7. The Morgan fingerprint density at radius 2 is 1.45 bits per heavy atom. The summed E-state index contributed by atoms with van der Waals surface area (Å²) in [6.45, 7) is 4.40. The van der Waals surface area contributed by atoms with Gasteiger partial charge < -0.3 is 9.30 Å². The number of ether oxygens (including phenoxy) is 1. The summed E-state index contributed by atoms with van der Waals surface area (Å²) >= 11 is 0. The monoisotopic (exact) mass is 612 g/mol. The number of sulfonamides is 1. The Morgan fingerprint density at radius 1 is 0.841 bits per heavy atom. The zero-order valence-electron chi connectivity index (χ0n) is 25.0. The van der Waals surface area contributed by atoms with Crippen LogP contribution in [0.5, 0.6) is 5.75 Å². The van der Waals surface area contributed by atoms with Crippen molar-refractivity contribution in [1.29, 1.82) is 0 Å². The molecule has 0 aliphatic heterocycles. The molecule has 2 N–H and O–H groups in total. The number of nitrogens with zero attached hydrogens (tertiary/aromatic N) is 3. The molecule has 1 heterocycles. The standard InChI is InChI=1S/C35H37FN4O3S/c1-3-4-21-40-32(34(28-11-7-5-8-12-28)38-35(40)29-13-9-6-10-14-29)25-39(24-27-17-20-33(43-2)31(36)22-27)23-26-15-18-30(19-16-26)44(37,41)42/h5-20,22H,3-4,21,23-25H2,1-2H3,(H2,37,41,42). The van der Waals surface area contributed by atoms with E-state index in [0.717, 1.165) is 58.9 Å². The molecule has 0 bridgehead atoms. The topological polar surface area (TPSA) is 90.5 Å². The number of aromatic nitrogens is 2. The fraction of sp³-hybridized carbons (Fsp3) is 0.229. The molecule has 5 rings (SSSR count). The number of imidazole rings is 1. The maximum atomic E-state index is 14.8. The van der Waals surface area contributed by atoms with E-state index < -0.39 is 15.8 Å². The number of halogens is 1. The van der Waals surface area contributed by atoms with Crippen molar-refractivity contribution in [1.82, 2.24) is 14.5 Å². The van der Waals surface area contributed by atoms with Crippen molar-refractivity contribution in [3.05, 3.63) is 126 Å². The van der Waals surface area contributed by atoms with E-state index in [1.165, 1.54) is 25.3 Å². The number of nitrogens with two attached hydrogens (primary N) is 1. The zero-order chi connectivity index (χ0) is 31.1. The van der Waals surface area contributed by atoms with Gasteiger partial charge in [-0.2, -0.15) is 0 Å². The average Bonchev–Trinajstić information content (AvgIpc) is 3.38. The van der Waals surface area contributed by atoms with E-state index in [0.29, 0.717) is 19.6 Å². The molecule has 4 aromatic carbocycles. The first-order valence-corrected chi connectivity index (χ1v) is 16.2. The number of hydrogen-bond acceptors (Lipinski definition) is 5. The predicted molar refractivity (Wildman–Crippen MR) is 172 cm³/mol. The minimum Gasteiger partial charge on any atom is -0.494 e. The minimum absolute atomic E-state index is 0.0570. The molecule has 1 aromatic heterocycles. The van der Waals surface area contributed by atoms with Gasteiger partial charge in [0.1, 0.15) is 5.82 Å². The van der Waals surface area contributed by atoms with E-state index in [2.05, 4.69) is 40.7 Å². The molecule has 228 valence electrons. The van der Waals surface area contributed by atoms with Crippen molar-refractivity contribution in [2.45, 2.75) is 50.8 Å². The highest BCUT2D eigenvalue weighted by molar-refractivity contribution is 7.89. The molecular formula is C35H37FN4O3S. The number of methoxy groups -OCH3 is 1. The summed E-state index contributed by atoms with van der Waals surface area (Å²) in [7, 11) is -2.36. The lowest BCUT2D eigenvalue weighted by molar-refractivity contribution is 0.241. The van der Waals surface area contributed by atoms with Gasteiger partial charge in [-0.3, -0.25) is 4.90 Å². The molecule has 7 nitrogen and oxygen atoms in total. The highest BCUT2D eigenvalue weighted by atomic mass is 32.2. The maximum absolute atomic E-state index is 14.8. The molecule has 0 amide bonds. The summed E-state index contributed by atoms with van der Waals surface area (Å²) in [6.07, 6.45) is 2.01. The quantitative estimate of drug-likeness (QED) is 0.154. The SMILES string of the molecule is CCCCn1c(-c2ccccc2)nc(-c2ccccc2)c1CN(Cc1ccc(S(N)(=O)=O)cc1)Cc1ccc(OC)c(F)c1. The Kier molecular flexibility index (Phi) is 9.89. The molecule has 0 atom stereocenters. The molecule has 0 saturated carbocycles. The Morgan fingerprint density at radius 3 is 2.05 bits per heavy atom. The van der Waals surface area contributed by atoms with E-state index in [1.807, 2.05) is 42.5 Å². The lowest BCUT2D eigenvalue weighted by Crippen LogP contribution is -2.25. The second-order valence-electron chi connectivity index (χ2n) is 10.8. The Balaban J connectivity index is 1.60. The van der Waals surface area contributed by atoms with Crippen molar-refractivity contribution in [3.63, 3.8) is 0 Å². The number of benzene rings is 4. The van der Waals surface area contributed by atoms with E-state index in [9.17, 15) is 12.8 Å². The van der Waals surface area contributed by atoms with Crippen LogP contribution in [-0.2, 0) is 36.2 Å². The second kappa shape index (κ2) is 14.0. The number of primary sulfonamides is 1. The van der Waals surface area contributed by atoms with Crippen LogP contribution >= 0.6 is 0 Å². The van der Waals surface area contributed by atoms with E-state index >= 15 is 0 Å². The summed E-state index contributed by atoms with van der Waals surface area (Å²) in [4.78, 5) is 7.50. The fourth-order valence-corrected chi connectivity index (χ4v) is 5.84. The summed E-state index contributed by atoms with van der Waals surface area (Å²) in [5, 5.41) is 5.34. The van der Waals surface area contributed by atoms with Crippen molar-refractivity contribution in [3.8, 4) is 28.4 Å². The molecule has 0 aliphatic carbocycles. The fourth-order valence-electron chi connectivity index (χ4n) is 5.33. The molecule has 9 heteroatoms. The van der Waals surface area contributed by atoms with Crippen LogP contribution in [0.4, 0.5) is 4.39 Å². The van der Waals surface area contributed by atoms with Crippen LogP contribution in [0, 0.1) is 5.82 Å². The van der Waals surface area contributed by atoms with Gasteiger partial charge in [-0.25, -0.2) is 22.9 Å². The molecule has 0 saturated heterocycles. The zero-order valence-corrected chi connectivity index (χ0v) is 25.8. The van der Waals surface area contributed by atoms with E-state index in [1.54, 1.807) is 18.2 Å². The van der Waals surface area contributed by atoms with Crippen LogP contribution in [0.3, 0.4) is 0 Å². The highest BCUT2D eigenvalue weighted by Crippen LogP contribution is 2.32. The van der Waals surface area contributed by atoms with Gasteiger partial charge in [0, 0.05) is 37.3 Å². The molecule has 0 radical (unpaired) electrons. The summed E-state index contributed by atoms with van der Waals surface area (Å²) in [5.41, 5.74) is 5.69. The van der Waals surface area contributed by atoms with Gasteiger partial charge in [0.15, 0.2) is 11.6 Å². The molecule has 44 heavy (non-hydrogen) atoms. The molecule has 0 aliphatic rings. The van der Waals surface area contributed by atoms with Crippen molar-refractivity contribution in [2.75, 3.05) is 7.11 Å². The molecule has 0 unspecified atom stereocenters. The largest absolute Gasteiger partial charge is 0.494 e. The van der Waals surface area contributed by atoms with E-state index in [4.69, 9.17) is 14.9 Å². The van der Waals surface area contributed by atoms with Gasteiger partial charge in [-0.05, 0) is 41.8 Å².